The molecule has 1 fully saturated rings. The Morgan fingerprint density at radius 3 is 2.19 bits per heavy atom. The van der Waals surface area contributed by atoms with Crippen LogP contribution in [0.25, 0.3) is 0 Å². The summed E-state index contributed by atoms with van der Waals surface area (Å²) in [5.74, 6) is 0. The molecule has 0 aliphatic carbocycles. The molecule has 118 valence electrons. The number of hydrogen-bond donors (Lipinski definition) is 1. The van der Waals surface area contributed by atoms with Gasteiger partial charge in [0.1, 0.15) is 0 Å². The van der Waals surface area contributed by atoms with Crippen LogP contribution in [0.1, 0.15) is 26.7 Å². The Morgan fingerprint density at radius 2 is 1.71 bits per heavy atom. The van der Waals surface area contributed by atoms with Gasteiger partial charge in [0.2, 0.25) is 10.0 Å². The van der Waals surface area contributed by atoms with Gasteiger partial charge in [0.25, 0.3) is 0 Å². The fourth-order valence-corrected chi connectivity index (χ4v) is 4.18. The van der Waals surface area contributed by atoms with Gasteiger partial charge in [-0.2, -0.15) is 4.31 Å². The minimum atomic E-state index is -3.43. The maximum Gasteiger partial charge on any atom is 0.243 e. The van der Waals surface area contributed by atoms with Crippen molar-refractivity contribution in [3.8, 4) is 0 Å². The van der Waals surface area contributed by atoms with Crippen LogP contribution in [0, 0.1) is 0 Å². The Morgan fingerprint density at radius 1 is 1.19 bits per heavy atom. The van der Waals surface area contributed by atoms with Crippen molar-refractivity contribution < 1.29 is 8.42 Å². The highest BCUT2D eigenvalue weighted by Crippen LogP contribution is 2.24. The molecule has 2 N–H and O–H groups in total. The van der Waals surface area contributed by atoms with E-state index in [4.69, 9.17) is 5.73 Å². The molecule has 0 aromatic heterocycles. The Labute approximate surface area is 127 Å². The van der Waals surface area contributed by atoms with Crippen molar-refractivity contribution in [1.29, 1.82) is 0 Å². The first-order valence-corrected chi connectivity index (χ1v) is 8.84. The van der Waals surface area contributed by atoms with Crippen LogP contribution in [0.5, 0.6) is 0 Å². The molecule has 0 atom stereocenters. The van der Waals surface area contributed by atoms with Crippen molar-refractivity contribution >= 4 is 15.7 Å². The minimum absolute atomic E-state index is 0.0718. The van der Waals surface area contributed by atoms with Crippen LogP contribution in [0.2, 0.25) is 0 Å². The summed E-state index contributed by atoms with van der Waals surface area (Å²) < 4.78 is 26.8. The van der Waals surface area contributed by atoms with Gasteiger partial charge in [-0.3, -0.25) is 0 Å². The zero-order chi connectivity index (χ0) is 15.6. The maximum atomic E-state index is 12.6. The molecule has 5 nitrogen and oxygen atoms in total. The third kappa shape index (κ3) is 3.56. The Hall–Kier alpha value is -1.11. The highest BCUT2D eigenvalue weighted by Gasteiger charge is 2.31. The molecule has 1 saturated heterocycles. The van der Waals surface area contributed by atoms with Crippen molar-refractivity contribution in [2.24, 2.45) is 0 Å². The zero-order valence-electron chi connectivity index (χ0n) is 13.0. The number of likely N-dealkylation sites (tertiary alicyclic amines) is 1. The molecule has 1 aliphatic heterocycles. The number of nitrogens with zero attached hydrogens (tertiary/aromatic N) is 2. The molecule has 0 bridgehead atoms. The first-order chi connectivity index (χ1) is 9.82. The van der Waals surface area contributed by atoms with Gasteiger partial charge in [-0.25, -0.2) is 8.42 Å². The zero-order valence-corrected chi connectivity index (χ0v) is 13.8. The summed E-state index contributed by atoms with van der Waals surface area (Å²) in [6.07, 6.45) is 1.76. The van der Waals surface area contributed by atoms with E-state index in [9.17, 15) is 8.42 Å². The molecule has 0 unspecified atom stereocenters. The Balaban J connectivity index is 2.09. The van der Waals surface area contributed by atoms with Crippen molar-refractivity contribution in [1.82, 2.24) is 9.21 Å². The topological polar surface area (TPSA) is 66.6 Å². The largest absolute Gasteiger partial charge is 0.399 e. The van der Waals surface area contributed by atoms with Crippen LogP contribution < -0.4 is 5.73 Å². The molecule has 2 rings (SSSR count). The van der Waals surface area contributed by atoms with Crippen LogP contribution >= 0.6 is 0 Å². The van der Waals surface area contributed by atoms with Crippen LogP contribution in [0.3, 0.4) is 0 Å². The highest BCUT2D eigenvalue weighted by molar-refractivity contribution is 7.89. The van der Waals surface area contributed by atoms with Gasteiger partial charge in [-0.05, 0) is 64.0 Å². The first-order valence-electron chi connectivity index (χ1n) is 7.40. The molecular formula is C15H25N3O2S. The summed E-state index contributed by atoms with van der Waals surface area (Å²) in [6, 6.07) is 6.99. The number of hydrogen-bond acceptors (Lipinski definition) is 4. The summed E-state index contributed by atoms with van der Waals surface area (Å²) in [5.41, 5.74) is 6.19. The first kappa shape index (κ1) is 16.3. The lowest BCUT2D eigenvalue weighted by atomic mass is 10.0. The second-order valence-electron chi connectivity index (χ2n) is 5.95. The lowest BCUT2D eigenvalue weighted by molar-refractivity contribution is 0.140. The van der Waals surface area contributed by atoms with Crippen LogP contribution in [-0.2, 0) is 10.0 Å². The smallest absolute Gasteiger partial charge is 0.243 e. The summed E-state index contributed by atoms with van der Waals surface area (Å²) >= 11 is 0. The van der Waals surface area contributed by atoms with Crippen molar-refractivity contribution in [3.63, 3.8) is 0 Å². The summed E-state index contributed by atoms with van der Waals surface area (Å²) in [4.78, 5) is 2.70. The average molecular weight is 311 g/mol. The summed E-state index contributed by atoms with van der Waals surface area (Å²) in [6.45, 7) is 6.25. The lowest BCUT2D eigenvalue weighted by Gasteiger charge is -2.37. The quantitative estimate of drug-likeness (QED) is 0.861. The number of anilines is 1. The van der Waals surface area contributed by atoms with Gasteiger partial charge < -0.3 is 10.6 Å². The fourth-order valence-electron chi connectivity index (χ4n) is 2.77. The number of nitrogen functional groups attached to an aromatic ring is 1. The standard InChI is InChI=1S/C15H25N3O2S/c1-12(2)18-10-8-14(9-11-18)17(3)21(19,20)15-6-4-13(16)5-7-15/h4-7,12,14H,8-11,16H2,1-3H3. The molecule has 1 aliphatic rings. The lowest BCUT2D eigenvalue weighted by Crippen LogP contribution is -2.47. The van der Waals surface area contributed by atoms with Crippen molar-refractivity contribution in [2.75, 3.05) is 25.9 Å². The van der Waals surface area contributed by atoms with Crippen molar-refractivity contribution in [2.45, 2.75) is 43.7 Å². The second kappa shape index (κ2) is 6.34. The molecule has 1 aromatic rings. The third-order valence-electron chi connectivity index (χ3n) is 4.30. The molecule has 0 spiro atoms. The van der Waals surface area contributed by atoms with Crippen LogP contribution in [-0.4, -0.2) is 49.8 Å². The predicted octanol–water partition coefficient (Wildman–Crippen LogP) is 1.76. The number of benzene rings is 1. The monoisotopic (exact) mass is 311 g/mol. The molecule has 1 heterocycles. The third-order valence-corrected chi connectivity index (χ3v) is 6.22. The number of rotatable bonds is 4. The SMILES string of the molecule is CC(C)N1CCC(N(C)S(=O)(=O)c2ccc(N)cc2)CC1. The van der Waals surface area contributed by atoms with Gasteiger partial charge in [0, 0.05) is 24.8 Å². The molecule has 0 amide bonds. The van der Waals surface area contributed by atoms with E-state index in [1.54, 1.807) is 31.3 Å². The van der Waals surface area contributed by atoms with E-state index >= 15 is 0 Å². The van der Waals surface area contributed by atoms with Crippen LogP contribution in [0.15, 0.2) is 29.2 Å². The number of nitrogens with two attached hydrogens (primary N) is 1. The summed E-state index contributed by atoms with van der Waals surface area (Å²) in [5, 5.41) is 0. The summed E-state index contributed by atoms with van der Waals surface area (Å²) in [7, 11) is -1.75. The van der Waals surface area contributed by atoms with E-state index in [1.807, 2.05) is 0 Å². The van der Waals surface area contributed by atoms with E-state index in [-0.39, 0.29) is 6.04 Å². The second-order valence-corrected chi connectivity index (χ2v) is 7.95. The molecule has 0 radical (unpaired) electrons. The molecule has 1 aromatic carbocycles. The number of piperidine rings is 1. The van der Waals surface area contributed by atoms with E-state index < -0.39 is 10.0 Å². The van der Waals surface area contributed by atoms with E-state index in [2.05, 4.69) is 18.7 Å². The van der Waals surface area contributed by atoms with E-state index in [0.29, 0.717) is 16.6 Å². The minimum Gasteiger partial charge on any atom is -0.399 e. The van der Waals surface area contributed by atoms with Crippen molar-refractivity contribution in [3.05, 3.63) is 24.3 Å². The predicted molar refractivity (Wildman–Crippen MR) is 85.5 cm³/mol. The van der Waals surface area contributed by atoms with E-state index in [0.717, 1.165) is 25.9 Å². The molecule has 6 heteroatoms. The average Bonchev–Trinajstić information content (AvgIpc) is 2.47. The van der Waals surface area contributed by atoms with Gasteiger partial charge in [0.15, 0.2) is 0 Å². The Bertz CT molecular complexity index is 561. The number of sulfonamides is 1. The highest BCUT2D eigenvalue weighted by atomic mass is 32.2. The molecule has 0 saturated carbocycles. The molecule has 21 heavy (non-hydrogen) atoms. The van der Waals surface area contributed by atoms with Crippen LogP contribution in [0.4, 0.5) is 5.69 Å². The van der Waals surface area contributed by atoms with Gasteiger partial charge in [-0.1, -0.05) is 0 Å². The fraction of sp³-hybridized carbons (Fsp3) is 0.600. The van der Waals surface area contributed by atoms with Gasteiger partial charge in [-0.15, -0.1) is 0 Å². The Kier molecular flexibility index (Phi) is 4.91. The normalized spacial score (nSPS) is 18.5. The maximum absolute atomic E-state index is 12.6. The van der Waals surface area contributed by atoms with Gasteiger partial charge >= 0.3 is 0 Å². The molecular weight excluding hydrogens is 286 g/mol. The van der Waals surface area contributed by atoms with Gasteiger partial charge in [0.05, 0.1) is 4.90 Å². The van der Waals surface area contributed by atoms with E-state index in [1.165, 1.54) is 4.31 Å².